The van der Waals surface area contributed by atoms with Crippen molar-refractivity contribution in [3.63, 3.8) is 0 Å². The van der Waals surface area contributed by atoms with E-state index in [0.29, 0.717) is 11.6 Å². The zero-order chi connectivity index (χ0) is 15.0. The summed E-state index contributed by atoms with van der Waals surface area (Å²) in [5.41, 5.74) is 1.65. The second-order valence-corrected chi connectivity index (χ2v) is 5.60. The van der Waals surface area contributed by atoms with Gasteiger partial charge in [-0.1, -0.05) is 24.8 Å². The van der Waals surface area contributed by atoms with Crippen molar-refractivity contribution in [2.24, 2.45) is 0 Å². The van der Waals surface area contributed by atoms with Gasteiger partial charge >= 0.3 is 0 Å². The predicted octanol–water partition coefficient (Wildman–Crippen LogP) is 2.74. The molecule has 1 aromatic carbocycles. The number of benzene rings is 1. The molecule has 1 N–H and O–H groups in total. The van der Waals surface area contributed by atoms with Crippen LogP contribution in [0.15, 0.2) is 18.2 Å². The summed E-state index contributed by atoms with van der Waals surface area (Å²) in [7, 11) is 2.08. The lowest BCUT2D eigenvalue weighted by molar-refractivity contribution is 0.247. The minimum Gasteiger partial charge on any atom is -0.384 e. The van der Waals surface area contributed by atoms with Gasteiger partial charge in [0.25, 0.3) is 0 Å². The molecular formula is C16H22FNOS. The molecule has 1 rings (SSSR count). The molecule has 1 aromatic rings. The Morgan fingerprint density at radius 1 is 1.45 bits per heavy atom. The molecule has 4 heteroatoms. The number of hydrogen-bond donors (Lipinski definition) is 1. The van der Waals surface area contributed by atoms with Gasteiger partial charge in [0.05, 0.1) is 0 Å². The van der Waals surface area contributed by atoms with Crippen LogP contribution in [0.2, 0.25) is 0 Å². The van der Waals surface area contributed by atoms with Crippen LogP contribution in [-0.4, -0.2) is 41.7 Å². The monoisotopic (exact) mass is 295 g/mol. The summed E-state index contributed by atoms with van der Waals surface area (Å²) in [5, 5.41) is 8.79. The smallest absolute Gasteiger partial charge is 0.124 e. The van der Waals surface area contributed by atoms with Crippen LogP contribution in [0, 0.1) is 17.7 Å². The third-order valence-electron chi connectivity index (χ3n) is 3.25. The number of hydrogen-bond acceptors (Lipinski definition) is 3. The summed E-state index contributed by atoms with van der Waals surface area (Å²) in [4.78, 5) is 2.27. The topological polar surface area (TPSA) is 23.5 Å². The Hall–Kier alpha value is -1.02. The van der Waals surface area contributed by atoms with E-state index in [1.807, 2.05) is 11.8 Å². The predicted molar refractivity (Wildman–Crippen MR) is 84.3 cm³/mol. The molecule has 0 spiro atoms. The molecule has 0 amide bonds. The van der Waals surface area contributed by atoms with Crippen LogP contribution >= 0.6 is 11.8 Å². The maximum atomic E-state index is 13.3. The van der Waals surface area contributed by atoms with Crippen LogP contribution < -0.4 is 0 Å². The van der Waals surface area contributed by atoms with Crippen molar-refractivity contribution in [1.29, 1.82) is 0 Å². The maximum Gasteiger partial charge on any atom is 0.124 e. The molecule has 1 unspecified atom stereocenters. The van der Waals surface area contributed by atoms with Gasteiger partial charge in [-0.15, -0.1) is 0 Å². The van der Waals surface area contributed by atoms with Crippen molar-refractivity contribution in [1.82, 2.24) is 4.90 Å². The van der Waals surface area contributed by atoms with Gasteiger partial charge in [0.15, 0.2) is 0 Å². The number of aliphatic hydroxyl groups excluding tert-OH is 1. The first-order valence-electron chi connectivity index (χ1n) is 6.69. The van der Waals surface area contributed by atoms with Crippen molar-refractivity contribution in [2.45, 2.75) is 25.9 Å². The third kappa shape index (κ3) is 5.16. The molecule has 0 bridgehead atoms. The molecule has 0 fully saturated rings. The number of aliphatic hydroxyl groups is 1. The van der Waals surface area contributed by atoms with Crippen LogP contribution in [0.25, 0.3) is 0 Å². The summed E-state index contributed by atoms with van der Waals surface area (Å²) in [5.74, 6) is 6.19. The van der Waals surface area contributed by atoms with Crippen LogP contribution in [0.1, 0.15) is 24.5 Å². The Labute approximate surface area is 125 Å². The fourth-order valence-corrected chi connectivity index (χ4v) is 2.96. The normalized spacial score (nSPS) is 12.1. The van der Waals surface area contributed by atoms with E-state index >= 15 is 0 Å². The van der Waals surface area contributed by atoms with E-state index in [2.05, 4.69) is 37.0 Å². The van der Waals surface area contributed by atoms with Crippen LogP contribution in [0.5, 0.6) is 0 Å². The first-order chi connectivity index (χ1) is 9.62. The van der Waals surface area contributed by atoms with E-state index in [0.717, 1.165) is 24.3 Å². The highest BCUT2D eigenvalue weighted by molar-refractivity contribution is 7.98. The zero-order valence-electron chi connectivity index (χ0n) is 12.3. The first kappa shape index (κ1) is 17.0. The Bertz CT molecular complexity index is 481. The third-order valence-corrected chi connectivity index (χ3v) is 3.97. The molecule has 0 aromatic heterocycles. The molecule has 1 atom stereocenters. The average Bonchev–Trinajstić information content (AvgIpc) is 2.44. The highest BCUT2D eigenvalue weighted by Gasteiger charge is 2.14. The molecule has 0 saturated carbocycles. The summed E-state index contributed by atoms with van der Waals surface area (Å²) in [6.45, 7) is 2.69. The zero-order valence-corrected chi connectivity index (χ0v) is 13.1. The average molecular weight is 295 g/mol. The number of halogens is 1. The number of rotatable bonds is 6. The van der Waals surface area contributed by atoms with Crippen molar-refractivity contribution < 1.29 is 9.50 Å². The maximum absolute atomic E-state index is 13.3. The number of thioether (sulfide) groups is 1. The second kappa shape index (κ2) is 9.02. The molecule has 0 radical (unpaired) electrons. The molecule has 110 valence electrons. The van der Waals surface area contributed by atoms with Gasteiger partial charge in [-0.2, -0.15) is 11.8 Å². The van der Waals surface area contributed by atoms with E-state index < -0.39 is 0 Å². The highest BCUT2D eigenvalue weighted by Crippen LogP contribution is 2.16. The lowest BCUT2D eigenvalue weighted by atomic mass is 10.1. The minimum atomic E-state index is -0.296. The second-order valence-electron chi connectivity index (χ2n) is 4.69. The Morgan fingerprint density at radius 3 is 2.80 bits per heavy atom. The van der Waals surface area contributed by atoms with Gasteiger partial charge in [0.2, 0.25) is 0 Å². The molecule has 0 aliphatic heterocycles. The fraction of sp³-hybridized carbons (Fsp3) is 0.500. The molecule has 0 aliphatic carbocycles. The summed E-state index contributed by atoms with van der Waals surface area (Å²) in [6, 6.07) is 5.16. The van der Waals surface area contributed by atoms with E-state index in [-0.39, 0.29) is 12.4 Å². The Balaban J connectivity index is 2.90. The van der Waals surface area contributed by atoms with Gasteiger partial charge in [-0.25, -0.2) is 4.39 Å². The van der Waals surface area contributed by atoms with Gasteiger partial charge in [-0.3, -0.25) is 4.90 Å². The van der Waals surface area contributed by atoms with Crippen molar-refractivity contribution in [3.8, 4) is 11.8 Å². The standard InChI is InChI=1S/C16H22FNOS/c1-4-16(12-20-3)18(2)11-14-7-8-15(17)10-13(14)6-5-9-19/h7-8,10,16,19H,4,9,11-12H2,1-3H3. The first-order valence-corrected chi connectivity index (χ1v) is 8.09. The Morgan fingerprint density at radius 2 is 2.20 bits per heavy atom. The lowest BCUT2D eigenvalue weighted by Gasteiger charge is -2.27. The van der Waals surface area contributed by atoms with Gasteiger partial charge in [0, 0.05) is 23.9 Å². The van der Waals surface area contributed by atoms with E-state index in [1.54, 1.807) is 6.07 Å². The highest BCUT2D eigenvalue weighted by atomic mass is 32.2. The quantitative estimate of drug-likeness (QED) is 0.816. The minimum absolute atomic E-state index is 0.212. The molecule has 0 heterocycles. The van der Waals surface area contributed by atoms with E-state index in [4.69, 9.17) is 5.11 Å². The SMILES string of the molecule is CCC(CSC)N(C)Cc1ccc(F)cc1C#CCO. The van der Waals surface area contributed by atoms with Crippen LogP contribution in [0.3, 0.4) is 0 Å². The molecule has 20 heavy (non-hydrogen) atoms. The van der Waals surface area contributed by atoms with Gasteiger partial charge < -0.3 is 5.11 Å². The fourth-order valence-electron chi connectivity index (χ4n) is 2.08. The van der Waals surface area contributed by atoms with E-state index in [9.17, 15) is 4.39 Å². The molecule has 2 nitrogen and oxygen atoms in total. The largest absolute Gasteiger partial charge is 0.384 e. The van der Waals surface area contributed by atoms with Crippen molar-refractivity contribution >= 4 is 11.8 Å². The molecular weight excluding hydrogens is 273 g/mol. The molecule has 0 saturated heterocycles. The van der Waals surface area contributed by atoms with Gasteiger partial charge in [-0.05, 0) is 37.4 Å². The summed E-state index contributed by atoms with van der Waals surface area (Å²) >= 11 is 1.83. The van der Waals surface area contributed by atoms with Crippen LogP contribution in [-0.2, 0) is 6.54 Å². The number of nitrogens with zero attached hydrogens (tertiary/aromatic N) is 1. The van der Waals surface area contributed by atoms with Crippen molar-refractivity contribution in [2.75, 3.05) is 25.7 Å². The van der Waals surface area contributed by atoms with Crippen molar-refractivity contribution in [3.05, 3.63) is 35.1 Å². The Kier molecular flexibility index (Phi) is 7.68. The summed E-state index contributed by atoms with van der Waals surface area (Å²) in [6.07, 6.45) is 3.18. The molecule has 0 aliphatic rings. The lowest BCUT2D eigenvalue weighted by Crippen LogP contribution is -2.32. The summed E-state index contributed by atoms with van der Waals surface area (Å²) < 4.78 is 13.3. The van der Waals surface area contributed by atoms with Crippen LogP contribution in [0.4, 0.5) is 4.39 Å². The van der Waals surface area contributed by atoms with E-state index in [1.165, 1.54) is 12.1 Å². The van der Waals surface area contributed by atoms with Gasteiger partial charge in [0.1, 0.15) is 12.4 Å².